The molecule has 1 aliphatic rings. The minimum absolute atomic E-state index is 0.0790. The van der Waals surface area contributed by atoms with Gasteiger partial charge >= 0.3 is 11.9 Å². The SMILES string of the molecule is CC1(C)CCc2nc(NC(=O)C(=O)OCc3ccccc3)sc2C1. The van der Waals surface area contributed by atoms with Gasteiger partial charge in [0.1, 0.15) is 6.61 Å². The van der Waals surface area contributed by atoms with E-state index >= 15 is 0 Å². The maximum atomic E-state index is 12.0. The molecule has 24 heavy (non-hydrogen) atoms. The Bertz CT molecular complexity index is 753. The van der Waals surface area contributed by atoms with Crippen LogP contribution in [0.3, 0.4) is 0 Å². The summed E-state index contributed by atoms with van der Waals surface area (Å²) in [4.78, 5) is 29.4. The predicted octanol–water partition coefficient (Wildman–Crippen LogP) is 3.34. The van der Waals surface area contributed by atoms with E-state index < -0.39 is 11.9 Å². The lowest BCUT2D eigenvalue weighted by Gasteiger charge is -2.28. The molecule has 126 valence electrons. The van der Waals surface area contributed by atoms with Gasteiger partial charge in [0.05, 0.1) is 5.69 Å². The number of fused-ring (bicyclic) bond motifs is 1. The van der Waals surface area contributed by atoms with Crippen LogP contribution in [-0.4, -0.2) is 16.9 Å². The average Bonchev–Trinajstić information content (AvgIpc) is 2.93. The maximum Gasteiger partial charge on any atom is 0.397 e. The normalized spacial score (nSPS) is 15.4. The first-order valence-electron chi connectivity index (χ1n) is 7.93. The highest BCUT2D eigenvalue weighted by Crippen LogP contribution is 2.38. The van der Waals surface area contributed by atoms with E-state index in [2.05, 4.69) is 24.1 Å². The Balaban J connectivity index is 1.57. The number of aromatic nitrogens is 1. The van der Waals surface area contributed by atoms with Crippen molar-refractivity contribution in [2.75, 3.05) is 5.32 Å². The zero-order valence-electron chi connectivity index (χ0n) is 13.8. The Morgan fingerprint density at radius 1 is 1.29 bits per heavy atom. The lowest BCUT2D eigenvalue weighted by Crippen LogP contribution is -2.24. The molecule has 0 saturated carbocycles. The van der Waals surface area contributed by atoms with Crippen molar-refractivity contribution in [3.05, 3.63) is 46.5 Å². The summed E-state index contributed by atoms with van der Waals surface area (Å²) in [7, 11) is 0. The summed E-state index contributed by atoms with van der Waals surface area (Å²) in [5.74, 6) is -1.68. The highest BCUT2D eigenvalue weighted by Gasteiger charge is 2.28. The number of hydrogen-bond donors (Lipinski definition) is 1. The Morgan fingerprint density at radius 2 is 2.04 bits per heavy atom. The highest BCUT2D eigenvalue weighted by atomic mass is 32.1. The van der Waals surface area contributed by atoms with E-state index in [4.69, 9.17) is 4.74 Å². The fourth-order valence-electron chi connectivity index (χ4n) is 2.69. The van der Waals surface area contributed by atoms with Gasteiger partial charge in [0, 0.05) is 4.88 Å². The number of hydrogen-bond acceptors (Lipinski definition) is 5. The summed E-state index contributed by atoms with van der Waals surface area (Å²) < 4.78 is 5.02. The van der Waals surface area contributed by atoms with Crippen molar-refractivity contribution in [3.8, 4) is 0 Å². The van der Waals surface area contributed by atoms with Crippen LogP contribution in [0.25, 0.3) is 0 Å². The third kappa shape index (κ3) is 4.00. The molecule has 6 heteroatoms. The lowest BCUT2D eigenvalue weighted by atomic mass is 9.79. The largest absolute Gasteiger partial charge is 0.454 e. The van der Waals surface area contributed by atoms with E-state index in [0.717, 1.165) is 30.5 Å². The summed E-state index contributed by atoms with van der Waals surface area (Å²) in [6, 6.07) is 9.25. The van der Waals surface area contributed by atoms with Gasteiger partial charge in [-0.3, -0.25) is 10.1 Å². The Kier molecular flexibility index (Phi) is 4.66. The second-order valence-electron chi connectivity index (χ2n) is 6.75. The molecular weight excluding hydrogens is 324 g/mol. The number of nitrogens with one attached hydrogen (secondary N) is 1. The smallest absolute Gasteiger partial charge is 0.397 e. The molecule has 0 atom stereocenters. The van der Waals surface area contributed by atoms with Crippen molar-refractivity contribution in [2.45, 2.75) is 39.7 Å². The van der Waals surface area contributed by atoms with E-state index in [9.17, 15) is 9.59 Å². The van der Waals surface area contributed by atoms with Crippen molar-refractivity contribution >= 4 is 28.3 Å². The van der Waals surface area contributed by atoms with Gasteiger partial charge in [-0.25, -0.2) is 9.78 Å². The van der Waals surface area contributed by atoms with Crippen LogP contribution in [0.15, 0.2) is 30.3 Å². The number of amides is 1. The number of aryl methyl sites for hydroxylation is 1. The molecule has 0 unspecified atom stereocenters. The quantitative estimate of drug-likeness (QED) is 0.685. The molecule has 0 spiro atoms. The van der Waals surface area contributed by atoms with E-state index in [1.165, 1.54) is 16.2 Å². The van der Waals surface area contributed by atoms with Gasteiger partial charge in [-0.1, -0.05) is 44.2 Å². The van der Waals surface area contributed by atoms with Crippen LogP contribution >= 0.6 is 11.3 Å². The third-order valence-corrected chi connectivity index (χ3v) is 5.09. The van der Waals surface area contributed by atoms with E-state index in [1.54, 1.807) is 0 Å². The monoisotopic (exact) mass is 344 g/mol. The second-order valence-corrected chi connectivity index (χ2v) is 7.83. The molecule has 2 aromatic rings. The van der Waals surface area contributed by atoms with Crippen LogP contribution in [0.5, 0.6) is 0 Å². The summed E-state index contributed by atoms with van der Waals surface area (Å²) >= 11 is 1.45. The van der Waals surface area contributed by atoms with Gasteiger partial charge in [0.15, 0.2) is 5.13 Å². The summed E-state index contributed by atoms with van der Waals surface area (Å²) in [5.41, 5.74) is 2.13. The second kappa shape index (κ2) is 6.73. The number of benzene rings is 1. The zero-order chi connectivity index (χ0) is 17.2. The number of rotatable bonds is 3. The van der Waals surface area contributed by atoms with Crippen molar-refractivity contribution in [3.63, 3.8) is 0 Å². The molecule has 1 aromatic heterocycles. The molecule has 1 amide bonds. The van der Waals surface area contributed by atoms with Gasteiger partial charge < -0.3 is 4.74 Å². The molecule has 0 saturated heterocycles. The van der Waals surface area contributed by atoms with Gasteiger partial charge in [-0.15, -0.1) is 11.3 Å². The molecule has 0 fully saturated rings. The summed E-state index contributed by atoms with van der Waals surface area (Å²) in [6.45, 7) is 4.54. The van der Waals surface area contributed by atoms with E-state index in [0.29, 0.717) is 5.13 Å². The molecule has 1 N–H and O–H groups in total. The minimum Gasteiger partial charge on any atom is -0.454 e. The topological polar surface area (TPSA) is 68.3 Å². The van der Waals surface area contributed by atoms with Crippen LogP contribution in [0.1, 0.15) is 36.4 Å². The van der Waals surface area contributed by atoms with Crippen LogP contribution in [0, 0.1) is 5.41 Å². The van der Waals surface area contributed by atoms with Crippen molar-refractivity contribution in [1.29, 1.82) is 0 Å². The minimum atomic E-state index is -0.896. The number of thiazole rings is 1. The third-order valence-electron chi connectivity index (χ3n) is 4.07. The molecule has 1 aliphatic carbocycles. The van der Waals surface area contributed by atoms with Gasteiger partial charge in [0.25, 0.3) is 0 Å². The zero-order valence-corrected chi connectivity index (χ0v) is 14.6. The number of ether oxygens (including phenoxy) is 1. The van der Waals surface area contributed by atoms with E-state index in [1.807, 2.05) is 30.3 Å². The molecule has 0 aliphatic heterocycles. The fraction of sp³-hybridized carbons (Fsp3) is 0.389. The Labute approximate surface area is 145 Å². The van der Waals surface area contributed by atoms with Gasteiger partial charge in [-0.2, -0.15) is 0 Å². The molecule has 1 aromatic carbocycles. The Morgan fingerprint density at radius 3 is 2.79 bits per heavy atom. The molecule has 5 nitrogen and oxygen atoms in total. The van der Waals surface area contributed by atoms with Crippen LogP contribution < -0.4 is 5.32 Å². The first kappa shape index (κ1) is 16.6. The van der Waals surface area contributed by atoms with Crippen LogP contribution in [0.4, 0.5) is 5.13 Å². The highest BCUT2D eigenvalue weighted by molar-refractivity contribution is 7.16. The number of nitrogens with zero attached hydrogens (tertiary/aromatic N) is 1. The van der Waals surface area contributed by atoms with Crippen molar-refractivity contribution < 1.29 is 14.3 Å². The van der Waals surface area contributed by atoms with Crippen molar-refractivity contribution in [2.24, 2.45) is 5.41 Å². The first-order valence-corrected chi connectivity index (χ1v) is 8.75. The molecule has 0 radical (unpaired) electrons. The predicted molar refractivity (Wildman–Crippen MR) is 92.8 cm³/mol. The Hall–Kier alpha value is -2.21. The number of carbonyl (C=O) groups excluding carboxylic acids is 2. The van der Waals surface area contributed by atoms with Crippen molar-refractivity contribution in [1.82, 2.24) is 4.98 Å². The lowest BCUT2D eigenvalue weighted by molar-refractivity contribution is -0.153. The maximum absolute atomic E-state index is 12.0. The van der Waals surface area contributed by atoms with Gasteiger partial charge in [0.2, 0.25) is 0 Å². The first-order chi connectivity index (χ1) is 11.4. The summed E-state index contributed by atoms with van der Waals surface area (Å²) in [5, 5.41) is 3.03. The molecular formula is C18H20N2O3S. The fourth-order valence-corrected chi connectivity index (χ4v) is 3.95. The standard InChI is InChI=1S/C18H20N2O3S/c1-18(2)9-8-13-14(10-18)24-17(19-13)20-15(21)16(22)23-11-12-6-4-3-5-7-12/h3-7H,8-11H2,1-2H3,(H,19,20,21). The average molecular weight is 344 g/mol. The number of esters is 1. The van der Waals surface area contributed by atoms with Gasteiger partial charge in [-0.05, 0) is 30.2 Å². The van der Waals surface area contributed by atoms with Crippen LogP contribution in [0.2, 0.25) is 0 Å². The molecule has 3 rings (SSSR count). The van der Waals surface area contributed by atoms with Crippen LogP contribution in [-0.2, 0) is 33.8 Å². The molecule has 1 heterocycles. The number of anilines is 1. The number of carbonyl (C=O) groups is 2. The summed E-state index contributed by atoms with van der Waals surface area (Å²) in [6.07, 6.45) is 2.94. The molecule has 0 bridgehead atoms. The van der Waals surface area contributed by atoms with E-state index in [-0.39, 0.29) is 12.0 Å².